The average molecular weight is 204 g/mol. The zero-order valence-corrected chi connectivity index (χ0v) is 8.78. The van der Waals surface area contributed by atoms with Gasteiger partial charge in [0, 0.05) is 5.69 Å². The molecule has 1 rings (SSSR count). The van der Waals surface area contributed by atoms with E-state index in [4.69, 9.17) is 10.00 Å². The summed E-state index contributed by atoms with van der Waals surface area (Å²) < 4.78 is 4.80. The van der Waals surface area contributed by atoms with Gasteiger partial charge >= 0.3 is 5.97 Å². The largest absolute Gasteiger partial charge is 0.466 e. The maximum Gasteiger partial charge on any atom is 0.310 e. The lowest BCUT2D eigenvalue weighted by molar-refractivity contribution is -0.142. The second-order valence-corrected chi connectivity index (χ2v) is 3.05. The zero-order chi connectivity index (χ0) is 11.3. The van der Waals surface area contributed by atoms with Gasteiger partial charge in [-0.2, -0.15) is 5.26 Å². The number of aryl methyl sites for hydroxylation is 1. The molecule has 0 aliphatic carbocycles. The van der Waals surface area contributed by atoms with Crippen molar-refractivity contribution in [1.82, 2.24) is 4.98 Å². The molecule has 0 amide bonds. The number of hydrogen-bond donors (Lipinski definition) is 0. The van der Waals surface area contributed by atoms with Gasteiger partial charge in [0.15, 0.2) is 0 Å². The molecular formula is C11H12N2O2. The SMILES string of the molecule is CCOC(=O)Cc1ccc(C)nc1C#N. The molecule has 1 aromatic rings. The van der Waals surface area contributed by atoms with Gasteiger partial charge in [0.25, 0.3) is 0 Å². The van der Waals surface area contributed by atoms with E-state index in [0.717, 1.165) is 5.69 Å². The maximum absolute atomic E-state index is 11.2. The van der Waals surface area contributed by atoms with E-state index in [1.807, 2.05) is 6.07 Å². The first-order valence-corrected chi connectivity index (χ1v) is 4.69. The summed E-state index contributed by atoms with van der Waals surface area (Å²) in [5, 5.41) is 8.82. The fourth-order valence-electron chi connectivity index (χ4n) is 1.19. The maximum atomic E-state index is 11.2. The molecule has 0 spiro atoms. The predicted octanol–water partition coefficient (Wildman–Crippen LogP) is 1.37. The first-order valence-electron chi connectivity index (χ1n) is 4.69. The van der Waals surface area contributed by atoms with Gasteiger partial charge in [-0.3, -0.25) is 4.79 Å². The number of rotatable bonds is 3. The van der Waals surface area contributed by atoms with E-state index in [2.05, 4.69) is 4.98 Å². The Balaban J connectivity index is 2.86. The molecule has 0 atom stereocenters. The van der Waals surface area contributed by atoms with Crippen molar-refractivity contribution in [2.24, 2.45) is 0 Å². The molecule has 0 aromatic carbocycles. The quantitative estimate of drug-likeness (QED) is 0.697. The fourth-order valence-corrected chi connectivity index (χ4v) is 1.19. The monoisotopic (exact) mass is 204 g/mol. The van der Waals surface area contributed by atoms with Crippen LogP contribution in [0.3, 0.4) is 0 Å². The first kappa shape index (κ1) is 11.2. The van der Waals surface area contributed by atoms with E-state index in [9.17, 15) is 4.79 Å². The summed E-state index contributed by atoms with van der Waals surface area (Å²) in [6.45, 7) is 3.89. The van der Waals surface area contributed by atoms with Crippen molar-refractivity contribution in [1.29, 1.82) is 5.26 Å². The third-order valence-corrected chi connectivity index (χ3v) is 1.86. The Morgan fingerprint density at radius 1 is 1.60 bits per heavy atom. The number of carbonyl (C=O) groups is 1. The van der Waals surface area contributed by atoms with Gasteiger partial charge in [0.1, 0.15) is 11.8 Å². The van der Waals surface area contributed by atoms with Crippen LogP contribution >= 0.6 is 0 Å². The minimum atomic E-state index is -0.334. The first-order chi connectivity index (χ1) is 7.17. The van der Waals surface area contributed by atoms with Gasteiger partial charge in [0.05, 0.1) is 13.0 Å². The van der Waals surface area contributed by atoms with E-state index < -0.39 is 0 Å². The van der Waals surface area contributed by atoms with Gasteiger partial charge in [0.2, 0.25) is 0 Å². The lowest BCUT2D eigenvalue weighted by atomic mass is 10.1. The molecular weight excluding hydrogens is 192 g/mol. The van der Waals surface area contributed by atoms with Crippen molar-refractivity contribution in [3.63, 3.8) is 0 Å². The Labute approximate surface area is 88.5 Å². The molecule has 0 bridgehead atoms. The minimum absolute atomic E-state index is 0.101. The van der Waals surface area contributed by atoms with Crippen molar-refractivity contribution in [3.8, 4) is 6.07 Å². The van der Waals surface area contributed by atoms with Gasteiger partial charge in [-0.05, 0) is 25.5 Å². The number of carbonyl (C=O) groups excluding carboxylic acids is 1. The van der Waals surface area contributed by atoms with Crippen LogP contribution in [-0.4, -0.2) is 17.6 Å². The topological polar surface area (TPSA) is 63.0 Å². The lowest BCUT2D eigenvalue weighted by Gasteiger charge is -2.03. The number of esters is 1. The van der Waals surface area contributed by atoms with Crippen LogP contribution in [0.25, 0.3) is 0 Å². The molecule has 0 N–H and O–H groups in total. The van der Waals surface area contributed by atoms with Crippen molar-refractivity contribution in [3.05, 3.63) is 29.1 Å². The molecule has 4 nitrogen and oxygen atoms in total. The predicted molar refractivity (Wildman–Crippen MR) is 54.0 cm³/mol. The molecule has 0 unspecified atom stereocenters. The average Bonchev–Trinajstić information content (AvgIpc) is 2.21. The normalized spacial score (nSPS) is 9.40. The highest BCUT2D eigenvalue weighted by molar-refractivity contribution is 5.73. The van der Waals surface area contributed by atoms with Gasteiger partial charge in [-0.1, -0.05) is 6.07 Å². The molecule has 15 heavy (non-hydrogen) atoms. The highest BCUT2D eigenvalue weighted by Gasteiger charge is 2.09. The van der Waals surface area contributed by atoms with Crippen LogP contribution in [-0.2, 0) is 16.0 Å². The Bertz CT molecular complexity index is 408. The summed E-state index contributed by atoms with van der Waals surface area (Å²) in [6, 6.07) is 5.47. The molecule has 4 heteroatoms. The van der Waals surface area contributed by atoms with Crippen molar-refractivity contribution in [2.45, 2.75) is 20.3 Å². The molecule has 0 saturated carbocycles. The molecule has 1 aromatic heterocycles. The van der Waals surface area contributed by atoms with Gasteiger partial charge < -0.3 is 4.74 Å². The second-order valence-electron chi connectivity index (χ2n) is 3.05. The highest BCUT2D eigenvalue weighted by atomic mass is 16.5. The van der Waals surface area contributed by atoms with Crippen molar-refractivity contribution >= 4 is 5.97 Å². The molecule has 78 valence electrons. The summed E-state index contributed by atoms with van der Waals surface area (Å²) in [4.78, 5) is 15.2. The van der Waals surface area contributed by atoms with Gasteiger partial charge in [-0.15, -0.1) is 0 Å². The molecule has 0 aliphatic rings. The Hall–Kier alpha value is -1.89. The number of nitrogens with zero attached hydrogens (tertiary/aromatic N) is 2. The summed E-state index contributed by atoms with van der Waals surface area (Å²) in [5.74, 6) is -0.334. The summed E-state index contributed by atoms with van der Waals surface area (Å²) in [6.07, 6.45) is 0.101. The lowest BCUT2D eigenvalue weighted by Crippen LogP contribution is -2.09. The molecule has 1 heterocycles. The van der Waals surface area contributed by atoms with Crippen LogP contribution in [0, 0.1) is 18.3 Å². The van der Waals surface area contributed by atoms with Crippen LogP contribution < -0.4 is 0 Å². The van der Waals surface area contributed by atoms with Crippen LogP contribution in [0.4, 0.5) is 0 Å². The van der Waals surface area contributed by atoms with Gasteiger partial charge in [-0.25, -0.2) is 4.98 Å². The number of ether oxygens (including phenoxy) is 1. The third-order valence-electron chi connectivity index (χ3n) is 1.86. The Morgan fingerprint density at radius 2 is 2.33 bits per heavy atom. The Morgan fingerprint density at radius 3 is 2.93 bits per heavy atom. The van der Waals surface area contributed by atoms with Crippen LogP contribution in [0.1, 0.15) is 23.9 Å². The van der Waals surface area contributed by atoms with E-state index >= 15 is 0 Å². The van der Waals surface area contributed by atoms with E-state index in [0.29, 0.717) is 17.9 Å². The smallest absolute Gasteiger partial charge is 0.310 e. The van der Waals surface area contributed by atoms with Crippen molar-refractivity contribution < 1.29 is 9.53 Å². The molecule has 0 fully saturated rings. The number of nitriles is 1. The molecule has 0 saturated heterocycles. The summed E-state index contributed by atoms with van der Waals surface area (Å²) in [5.41, 5.74) is 1.67. The van der Waals surface area contributed by atoms with E-state index in [1.165, 1.54) is 0 Å². The number of hydrogen-bond acceptors (Lipinski definition) is 4. The Kier molecular flexibility index (Phi) is 3.81. The second kappa shape index (κ2) is 5.11. The van der Waals surface area contributed by atoms with Crippen LogP contribution in [0.15, 0.2) is 12.1 Å². The highest BCUT2D eigenvalue weighted by Crippen LogP contribution is 2.08. The summed E-state index contributed by atoms with van der Waals surface area (Å²) >= 11 is 0. The van der Waals surface area contributed by atoms with Crippen LogP contribution in [0.2, 0.25) is 0 Å². The molecule has 0 aliphatic heterocycles. The number of aromatic nitrogens is 1. The number of pyridine rings is 1. The van der Waals surface area contributed by atoms with Crippen molar-refractivity contribution in [2.75, 3.05) is 6.61 Å². The summed E-state index contributed by atoms with van der Waals surface area (Å²) in [7, 11) is 0. The zero-order valence-electron chi connectivity index (χ0n) is 8.78. The van der Waals surface area contributed by atoms with Crippen LogP contribution in [0.5, 0.6) is 0 Å². The third kappa shape index (κ3) is 3.06. The standard InChI is InChI=1S/C11H12N2O2/c1-3-15-11(14)6-9-5-4-8(2)13-10(9)7-12/h4-5H,3,6H2,1-2H3. The van der Waals surface area contributed by atoms with E-state index in [1.54, 1.807) is 26.0 Å². The van der Waals surface area contributed by atoms with E-state index in [-0.39, 0.29) is 12.4 Å². The fraction of sp³-hybridized carbons (Fsp3) is 0.364. The molecule has 0 radical (unpaired) electrons. The minimum Gasteiger partial charge on any atom is -0.466 e.